The van der Waals surface area contributed by atoms with E-state index in [2.05, 4.69) is 20.1 Å². The Morgan fingerprint density at radius 2 is 1.46 bits per heavy atom. The van der Waals surface area contributed by atoms with Gasteiger partial charge in [-0.05, 0) is 85.0 Å². The summed E-state index contributed by atoms with van der Waals surface area (Å²) in [6.45, 7) is 2.20. The molecule has 1 aliphatic carbocycles. The van der Waals surface area contributed by atoms with Crippen molar-refractivity contribution >= 4 is 11.6 Å². The molecule has 2 aromatic carbocycles. The molecule has 1 aromatic heterocycles. The number of aliphatic hydroxyl groups is 1. The molecule has 3 aromatic rings. The van der Waals surface area contributed by atoms with Gasteiger partial charge in [0, 0.05) is 44.5 Å². The van der Waals surface area contributed by atoms with Gasteiger partial charge in [-0.25, -0.2) is 0 Å². The summed E-state index contributed by atoms with van der Waals surface area (Å²) in [6, 6.07) is 3.97. The van der Waals surface area contributed by atoms with Crippen molar-refractivity contribution in [2.24, 2.45) is 18.9 Å². The lowest BCUT2D eigenvalue weighted by molar-refractivity contribution is -0.286. The van der Waals surface area contributed by atoms with Gasteiger partial charge in [-0.2, -0.15) is 31.1 Å². The summed E-state index contributed by atoms with van der Waals surface area (Å²) in [4.78, 5) is 4.33. The van der Waals surface area contributed by atoms with Gasteiger partial charge in [-0.1, -0.05) is 5.10 Å². The standard InChI is InChI=1S/C29H32F8N6O3/c1-3-42(13-17-4-6-18(16-44)7-5-17)23-12-25-24(45-29(36,37)46-25)10-20(23)15-43(26-38-40-41(2)39-26)14-19-8-21(27(30,31)32)11-22(9-19)28(33,34)35/h8-12,17-18,44H,3-7,13-16H2,1-2H3. The lowest BCUT2D eigenvalue weighted by atomic mass is 9.82. The number of aliphatic hydroxyl groups excluding tert-OH is 1. The molecule has 0 radical (unpaired) electrons. The number of aromatic nitrogens is 4. The normalized spacial score (nSPS) is 19.4. The molecule has 1 saturated carbocycles. The maximum atomic E-state index is 14.1. The predicted molar refractivity (Wildman–Crippen MR) is 148 cm³/mol. The number of hydrogen-bond acceptors (Lipinski definition) is 8. The van der Waals surface area contributed by atoms with Crippen molar-refractivity contribution in [2.45, 2.75) is 64.3 Å². The molecule has 0 unspecified atom stereocenters. The lowest BCUT2D eigenvalue weighted by Crippen LogP contribution is -2.33. The second-order valence-corrected chi connectivity index (χ2v) is 11.6. The van der Waals surface area contributed by atoms with Gasteiger partial charge in [-0.15, -0.1) is 13.9 Å². The quantitative estimate of drug-likeness (QED) is 0.249. The summed E-state index contributed by atoms with van der Waals surface area (Å²) in [7, 11) is 1.43. The number of anilines is 2. The van der Waals surface area contributed by atoms with Crippen molar-refractivity contribution in [3.05, 3.63) is 52.6 Å². The number of alkyl halides is 8. The molecule has 0 amide bonds. The van der Waals surface area contributed by atoms with E-state index in [9.17, 15) is 40.2 Å². The fraction of sp³-hybridized carbons (Fsp3) is 0.552. The lowest BCUT2D eigenvalue weighted by Gasteiger charge is -2.34. The van der Waals surface area contributed by atoms with Crippen molar-refractivity contribution in [1.82, 2.24) is 20.2 Å². The number of tetrazole rings is 1. The summed E-state index contributed by atoms with van der Waals surface area (Å²) in [5.74, 6) is -0.174. The van der Waals surface area contributed by atoms with Crippen LogP contribution in [0.15, 0.2) is 30.3 Å². The summed E-state index contributed by atoms with van der Waals surface area (Å²) in [5.41, 5.74) is -2.48. The highest BCUT2D eigenvalue weighted by molar-refractivity contribution is 5.64. The van der Waals surface area contributed by atoms with Crippen LogP contribution in [0.3, 0.4) is 0 Å². The van der Waals surface area contributed by atoms with E-state index in [-0.39, 0.29) is 54.1 Å². The van der Waals surface area contributed by atoms with Gasteiger partial charge in [0.15, 0.2) is 11.5 Å². The summed E-state index contributed by atoms with van der Waals surface area (Å²) in [6.07, 6.45) is -10.7. The number of ether oxygens (including phenoxy) is 2. The number of fused-ring (bicyclic) bond motifs is 1. The molecule has 0 saturated heterocycles. The van der Waals surface area contributed by atoms with Crippen LogP contribution in [0.2, 0.25) is 0 Å². The van der Waals surface area contributed by atoms with Gasteiger partial charge in [0.05, 0.1) is 18.2 Å². The monoisotopic (exact) mass is 664 g/mol. The van der Waals surface area contributed by atoms with Gasteiger partial charge in [0.25, 0.3) is 5.95 Å². The number of aryl methyl sites for hydroxylation is 1. The maximum Gasteiger partial charge on any atom is 0.586 e. The van der Waals surface area contributed by atoms with Crippen LogP contribution in [-0.4, -0.2) is 51.3 Å². The number of hydrogen-bond donors (Lipinski definition) is 1. The highest BCUT2D eigenvalue weighted by atomic mass is 19.4. The van der Waals surface area contributed by atoms with E-state index in [4.69, 9.17) is 4.74 Å². The molecule has 0 spiro atoms. The zero-order valence-corrected chi connectivity index (χ0v) is 24.9. The van der Waals surface area contributed by atoms with Crippen LogP contribution >= 0.6 is 0 Å². The Hall–Kier alpha value is -3.89. The first-order valence-electron chi connectivity index (χ1n) is 14.6. The van der Waals surface area contributed by atoms with Gasteiger partial charge in [-0.3, -0.25) is 0 Å². The van der Waals surface area contributed by atoms with E-state index in [1.807, 2.05) is 11.8 Å². The minimum absolute atomic E-state index is 0.0394. The Labute approximate surface area is 258 Å². The summed E-state index contributed by atoms with van der Waals surface area (Å²) >= 11 is 0. The van der Waals surface area contributed by atoms with Gasteiger partial charge in [0.1, 0.15) is 0 Å². The Bertz CT molecular complexity index is 1490. The average molecular weight is 665 g/mol. The third-order valence-corrected chi connectivity index (χ3v) is 8.19. The molecule has 2 aliphatic rings. The smallest absolute Gasteiger partial charge is 0.396 e. The Kier molecular flexibility index (Phi) is 9.26. The Morgan fingerprint density at radius 1 is 0.870 bits per heavy atom. The number of halogens is 8. The van der Waals surface area contributed by atoms with Crippen LogP contribution in [0.4, 0.5) is 46.8 Å². The van der Waals surface area contributed by atoms with Crippen molar-refractivity contribution in [2.75, 3.05) is 29.5 Å². The largest absolute Gasteiger partial charge is 0.586 e. The van der Waals surface area contributed by atoms with E-state index < -0.39 is 36.3 Å². The molecular formula is C29H32F8N6O3. The fourth-order valence-electron chi connectivity index (χ4n) is 5.89. The second-order valence-electron chi connectivity index (χ2n) is 11.6. The van der Waals surface area contributed by atoms with Crippen LogP contribution in [0, 0.1) is 11.8 Å². The van der Waals surface area contributed by atoms with Crippen molar-refractivity contribution < 1.29 is 49.7 Å². The summed E-state index contributed by atoms with van der Waals surface area (Å²) < 4.78 is 119. The molecule has 2 heterocycles. The molecule has 46 heavy (non-hydrogen) atoms. The average Bonchev–Trinajstić information content (AvgIpc) is 3.55. The first-order valence-corrected chi connectivity index (χ1v) is 14.6. The predicted octanol–water partition coefficient (Wildman–Crippen LogP) is 6.40. The molecule has 17 heteroatoms. The van der Waals surface area contributed by atoms with Crippen LogP contribution in [-0.2, 0) is 32.5 Å². The Morgan fingerprint density at radius 3 is 1.98 bits per heavy atom. The maximum absolute atomic E-state index is 14.1. The second kappa shape index (κ2) is 12.7. The molecule has 0 atom stereocenters. The van der Waals surface area contributed by atoms with E-state index in [1.54, 1.807) is 0 Å². The molecular weight excluding hydrogens is 632 g/mol. The minimum Gasteiger partial charge on any atom is -0.396 e. The zero-order chi connectivity index (χ0) is 33.4. The van der Waals surface area contributed by atoms with Crippen LogP contribution in [0.1, 0.15) is 54.9 Å². The molecule has 0 bridgehead atoms. The first kappa shape index (κ1) is 33.5. The zero-order valence-electron chi connectivity index (χ0n) is 24.9. The van der Waals surface area contributed by atoms with E-state index >= 15 is 0 Å². The third-order valence-electron chi connectivity index (χ3n) is 8.19. The SMILES string of the molecule is CCN(CC1CCC(CO)CC1)c1cc2c(cc1CN(Cc1cc(C(F)(F)F)cc(C(F)(F)F)c1)c1nnn(C)n1)OC(F)(F)O2. The molecule has 1 fully saturated rings. The van der Waals surface area contributed by atoms with Crippen LogP contribution in [0.25, 0.3) is 0 Å². The number of rotatable bonds is 10. The van der Waals surface area contributed by atoms with Gasteiger partial charge >= 0.3 is 18.6 Å². The highest BCUT2D eigenvalue weighted by Crippen LogP contribution is 2.46. The fourth-order valence-corrected chi connectivity index (χ4v) is 5.89. The Balaban J connectivity index is 1.53. The van der Waals surface area contributed by atoms with E-state index in [0.29, 0.717) is 36.5 Å². The van der Waals surface area contributed by atoms with Crippen LogP contribution < -0.4 is 19.3 Å². The van der Waals surface area contributed by atoms with Gasteiger partial charge < -0.3 is 24.4 Å². The van der Waals surface area contributed by atoms with Crippen molar-refractivity contribution in [1.29, 1.82) is 0 Å². The number of benzene rings is 2. The van der Waals surface area contributed by atoms with E-state index in [1.165, 1.54) is 24.1 Å². The topological polar surface area (TPSA) is 88.8 Å². The third kappa shape index (κ3) is 7.73. The number of nitrogens with zero attached hydrogens (tertiary/aromatic N) is 6. The summed E-state index contributed by atoms with van der Waals surface area (Å²) in [5, 5.41) is 21.3. The van der Waals surface area contributed by atoms with Crippen molar-refractivity contribution in [3.63, 3.8) is 0 Å². The first-order chi connectivity index (χ1) is 21.5. The van der Waals surface area contributed by atoms with Crippen molar-refractivity contribution in [3.8, 4) is 11.5 Å². The molecule has 1 N–H and O–H groups in total. The molecule has 5 rings (SSSR count). The molecule has 1 aliphatic heterocycles. The molecule has 252 valence electrons. The highest BCUT2D eigenvalue weighted by Gasteiger charge is 2.44. The minimum atomic E-state index is -5.06. The molecule has 9 nitrogen and oxygen atoms in total. The van der Waals surface area contributed by atoms with E-state index in [0.717, 1.165) is 30.5 Å². The van der Waals surface area contributed by atoms with Crippen LogP contribution in [0.5, 0.6) is 11.5 Å². The van der Waals surface area contributed by atoms with Gasteiger partial charge in [0.2, 0.25) is 0 Å².